The summed E-state index contributed by atoms with van der Waals surface area (Å²) in [5, 5.41) is 152. The molecule has 8 fully saturated rings. The zero-order valence-electron chi connectivity index (χ0n) is 47.4. The van der Waals surface area contributed by atoms with Crippen LogP contribution in [0.5, 0.6) is 0 Å². The Labute approximate surface area is 485 Å². The Morgan fingerprint density at radius 2 is 0.857 bits per heavy atom. The van der Waals surface area contributed by atoms with Gasteiger partial charge < -0.3 is 133 Å². The monoisotopic (exact) mass is 1210 g/mol. The molecular weight excluding hydrogens is 1120 g/mol. The molecule has 0 aromatic heterocycles. The Morgan fingerprint density at radius 1 is 0.429 bits per heavy atom. The maximum absolute atomic E-state index is 12.9. The number of esters is 2. The Hall–Kier alpha value is -2.58. The van der Waals surface area contributed by atoms with Crippen molar-refractivity contribution in [1.82, 2.24) is 0 Å². The third-order valence-electron chi connectivity index (χ3n) is 18.2. The van der Waals surface area contributed by atoms with Gasteiger partial charge in [-0.25, -0.2) is 9.59 Å². The molecule has 482 valence electrons. The molecule has 0 amide bonds. The second-order valence-corrected chi connectivity index (χ2v) is 23.6. The lowest BCUT2D eigenvalue weighted by molar-refractivity contribution is -0.341. The molecule has 29 nitrogen and oxygen atoms in total. The smallest absolute Gasteiger partial charge is 0.330 e. The van der Waals surface area contributed by atoms with Gasteiger partial charge in [-0.15, -0.1) is 0 Å². The van der Waals surface area contributed by atoms with E-state index in [-0.39, 0.29) is 50.4 Å². The minimum atomic E-state index is -1.86. The van der Waals surface area contributed by atoms with Gasteiger partial charge in [-0.2, -0.15) is 0 Å². The summed E-state index contributed by atoms with van der Waals surface area (Å²) in [5.74, 6) is -3.37. The quantitative estimate of drug-likeness (QED) is 0.0399. The molecule has 0 bridgehead atoms. The minimum absolute atomic E-state index is 0.0239. The van der Waals surface area contributed by atoms with Crippen LogP contribution >= 0.6 is 0 Å². The van der Waals surface area contributed by atoms with Crippen LogP contribution in [-0.2, 0) is 71.2 Å². The first-order valence-electron chi connectivity index (χ1n) is 28.9. The highest BCUT2D eigenvalue weighted by atomic mass is 16.7. The number of carbonyl (C=O) groups is 2. The van der Waals surface area contributed by atoms with Crippen molar-refractivity contribution in [3.8, 4) is 0 Å². The maximum atomic E-state index is 12.9. The summed E-state index contributed by atoms with van der Waals surface area (Å²) in [6.45, 7) is -1.91. The highest BCUT2D eigenvalue weighted by Crippen LogP contribution is 2.45. The standard InChI is InChI=1S/C55H88O29/c1-72-31-11-22(12-32(73-2)41(31)61)5-9-39(59)76-20-37-44(64)47(67)49(69)53(83-37)78-25-16-28(58)26-18-35(81-55-50(70)46(66)43(63)36(19-56)82-55)52(79-29(26)17-25)24-7-8-27(57)30(15-24)80-54-51(71)48(68)45(65)38(84-54)21-77-40(60)10-6-23-13-33(74-3)42(62)34(14-23)75-4/h5-6,9-10,22-38,41-58,61-71H,7-8,11-21H2,1-4H3/t22?,23?,24?,25?,26?,27?,28?,29?,30?,31?,32?,33?,34?,35?,36-,37-,38-,41?,42?,43-,44-,45-,46+,47+,48+,49-,50-,51-,52?,53-,54-,55-/m1/s1. The molecule has 4 aliphatic carbocycles. The van der Waals surface area contributed by atoms with Crippen LogP contribution in [0.2, 0.25) is 0 Å². The molecule has 13 unspecified atom stereocenters. The molecule has 8 rings (SSSR count). The van der Waals surface area contributed by atoms with E-state index in [0.717, 1.165) is 0 Å². The zero-order valence-corrected chi connectivity index (χ0v) is 47.4. The van der Waals surface area contributed by atoms with Gasteiger partial charge in [0.2, 0.25) is 0 Å². The van der Waals surface area contributed by atoms with Crippen molar-refractivity contribution in [2.45, 2.75) is 236 Å². The zero-order chi connectivity index (χ0) is 60.8. The van der Waals surface area contributed by atoms with Gasteiger partial charge in [-0.3, -0.25) is 0 Å². The number of ether oxygens (including phenoxy) is 13. The van der Waals surface area contributed by atoms with Crippen LogP contribution in [0.15, 0.2) is 24.3 Å². The normalized spacial score (nSPS) is 48.6. The minimum Gasteiger partial charge on any atom is -0.460 e. The number of rotatable bonds is 20. The molecular formula is C55H88O29. The van der Waals surface area contributed by atoms with Crippen molar-refractivity contribution in [3.05, 3.63) is 24.3 Å². The molecule has 0 aromatic rings. The van der Waals surface area contributed by atoms with E-state index in [1.807, 2.05) is 0 Å². The molecule has 0 spiro atoms. The second-order valence-electron chi connectivity index (χ2n) is 23.6. The first kappa shape index (κ1) is 67.4. The molecule has 4 aliphatic heterocycles. The van der Waals surface area contributed by atoms with Crippen LogP contribution in [0.1, 0.15) is 64.2 Å². The molecule has 84 heavy (non-hydrogen) atoms. The van der Waals surface area contributed by atoms with Gasteiger partial charge in [0.05, 0.1) is 73.8 Å². The largest absolute Gasteiger partial charge is 0.460 e. The number of fused-ring (bicyclic) bond motifs is 1. The van der Waals surface area contributed by atoms with Crippen LogP contribution in [-0.4, -0.2) is 303 Å². The Morgan fingerprint density at radius 3 is 1.31 bits per heavy atom. The van der Waals surface area contributed by atoms with Crippen LogP contribution in [0.25, 0.3) is 0 Å². The van der Waals surface area contributed by atoms with Crippen LogP contribution < -0.4 is 0 Å². The van der Waals surface area contributed by atoms with Crippen molar-refractivity contribution < 1.29 is 143 Å². The van der Waals surface area contributed by atoms with E-state index >= 15 is 0 Å². The number of aliphatic hydroxyl groups is 14. The van der Waals surface area contributed by atoms with Crippen molar-refractivity contribution in [2.24, 2.45) is 23.7 Å². The van der Waals surface area contributed by atoms with E-state index in [1.165, 1.54) is 40.6 Å². The molecule has 28 atom stereocenters. The van der Waals surface area contributed by atoms with E-state index in [1.54, 1.807) is 12.2 Å². The van der Waals surface area contributed by atoms with Crippen LogP contribution in [0.4, 0.5) is 0 Å². The molecule has 0 aromatic carbocycles. The average molecular weight is 1210 g/mol. The van der Waals surface area contributed by atoms with Gasteiger partial charge in [-0.1, -0.05) is 12.2 Å². The fraction of sp³-hybridized carbons (Fsp3) is 0.891. The molecule has 4 heterocycles. The summed E-state index contributed by atoms with van der Waals surface area (Å²) >= 11 is 0. The van der Waals surface area contributed by atoms with Gasteiger partial charge in [0.15, 0.2) is 18.9 Å². The predicted molar refractivity (Wildman–Crippen MR) is 278 cm³/mol. The highest BCUT2D eigenvalue weighted by Gasteiger charge is 2.55. The Kier molecular flexibility index (Phi) is 24.3. The van der Waals surface area contributed by atoms with Gasteiger partial charge in [0.25, 0.3) is 0 Å². The first-order valence-corrected chi connectivity index (χ1v) is 28.9. The van der Waals surface area contributed by atoms with Gasteiger partial charge >= 0.3 is 11.9 Å². The summed E-state index contributed by atoms with van der Waals surface area (Å²) in [7, 11) is 5.84. The average Bonchev–Trinajstić information content (AvgIpc) is 2.27. The fourth-order valence-corrected chi connectivity index (χ4v) is 13.2. The van der Waals surface area contributed by atoms with Gasteiger partial charge in [0.1, 0.15) is 98.7 Å². The summed E-state index contributed by atoms with van der Waals surface area (Å²) in [6.07, 6.45) is -29.1. The van der Waals surface area contributed by atoms with Crippen LogP contribution in [0, 0.1) is 23.7 Å². The molecule has 14 N–H and O–H groups in total. The summed E-state index contributed by atoms with van der Waals surface area (Å²) < 4.78 is 75.4. The Bertz CT molecular complexity index is 2100. The molecule has 29 heteroatoms. The second kappa shape index (κ2) is 30.3. The van der Waals surface area contributed by atoms with E-state index in [9.17, 15) is 81.1 Å². The molecule has 4 saturated carbocycles. The third kappa shape index (κ3) is 15.7. The van der Waals surface area contributed by atoms with Crippen molar-refractivity contribution >= 4 is 11.9 Å². The van der Waals surface area contributed by atoms with Crippen LogP contribution in [0.3, 0.4) is 0 Å². The number of hydrogen-bond donors (Lipinski definition) is 14. The maximum Gasteiger partial charge on any atom is 0.330 e. The number of hydrogen-bond acceptors (Lipinski definition) is 29. The van der Waals surface area contributed by atoms with E-state index in [2.05, 4.69) is 0 Å². The summed E-state index contributed by atoms with van der Waals surface area (Å²) in [6, 6.07) is 0. The van der Waals surface area contributed by atoms with Gasteiger partial charge in [-0.05, 0) is 69.1 Å². The summed E-state index contributed by atoms with van der Waals surface area (Å²) in [5.41, 5.74) is 0. The van der Waals surface area contributed by atoms with E-state index in [0.29, 0.717) is 25.7 Å². The lowest BCUT2D eigenvalue weighted by atomic mass is 9.72. The van der Waals surface area contributed by atoms with E-state index < -0.39 is 215 Å². The highest BCUT2D eigenvalue weighted by molar-refractivity contribution is 5.82. The molecule has 8 aliphatic rings. The predicted octanol–water partition coefficient (Wildman–Crippen LogP) is -5.55. The van der Waals surface area contributed by atoms with Gasteiger partial charge in [0, 0.05) is 59.4 Å². The third-order valence-corrected chi connectivity index (χ3v) is 18.2. The van der Waals surface area contributed by atoms with Crippen molar-refractivity contribution in [3.63, 3.8) is 0 Å². The summed E-state index contributed by atoms with van der Waals surface area (Å²) in [4.78, 5) is 25.8. The lowest BCUT2D eigenvalue weighted by Gasteiger charge is -2.52. The van der Waals surface area contributed by atoms with Crippen molar-refractivity contribution in [2.75, 3.05) is 48.3 Å². The Balaban J connectivity index is 0.921. The number of aliphatic hydroxyl groups excluding tert-OH is 14. The SMILES string of the molecule is COC1CC(C=CC(=O)OC[C@H]2O[C@@H](OC3CC(O)C4CC(O[C@@H]5O[C@H](CO)[C@@H](O)[C@H](O)[C@H]5O)C(C5CCC(O)C(O[C@@H]6O[C@H](COC(=O)C=CC7CC(OC)C(O)C(OC)C7)[C@@H](O)[C@H](O)[C@H]6O)C5)OC4C3)[C@H](O)[C@@H](O)[C@@H]2O)CC(OC)C1O. The number of allylic oxidation sites excluding steroid dienone is 2. The lowest BCUT2D eigenvalue weighted by Crippen LogP contribution is -2.63. The molecule has 0 radical (unpaired) electrons. The number of methoxy groups -OCH3 is 4. The fourth-order valence-electron chi connectivity index (χ4n) is 13.2. The first-order chi connectivity index (χ1) is 40.1. The topological polar surface area (TPSA) is 437 Å². The molecule has 4 saturated heterocycles. The van der Waals surface area contributed by atoms with Crippen molar-refractivity contribution in [1.29, 1.82) is 0 Å². The number of carbonyl (C=O) groups excluding carboxylic acids is 2. The van der Waals surface area contributed by atoms with E-state index in [4.69, 9.17) is 61.6 Å².